The SMILES string of the molecule is COC(=O)c1ccnc(NC(=O)C2=C(C)NC(Nc3nc4cccc([N+](=O)[O-])c4o3)=NC2c2ccc(OC)cc2Cl)c1. The van der Waals surface area contributed by atoms with E-state index in [1.54, 1.807) is 31.2 Å². The molecule has 0 fully saturated rings. The third kappa shape index (κ3) is 5.55. The largest absolute Gasteiger partial charge is 0.497 e. The number of nitro groups is 1. The third-order valence-corrected chi connectivity index (χ3v) is 6.55. The second kappa shape index (κ2) is 11.5. The summed E-state index contributed by atoms with van der Waals surface area (Å²) in [5, 5.41) is 20.3. The van der Waals surface area contributed by atoms with Gasteiger partial charge in [0.2, 0.25) is 11.5 Å². The van der Waals surface area contributed by atoms with E-state index in [0.717, 1.165) is 0 Å². The number of pyridine rings is 1. The highest BCUT2D eigenvalue weighted by atomic mass is 35.5. The van der Waals surface area contributed by atoms with Crippen molar-refractivity contribution < 1.29 is 28.4 Å². The van der Waals surface area contributed by atoms with Gasteiger partial charge in [0.1, 0.15) is 23.1 Å². The van der Waals surface area contributed by atoms with Crippen molar-refractivity contribution in [2.24, 2.45) is 4.99 Å². The van der Waals surface area contributed by atoms with E-state index < -0.39 is 22.8 Å². The van der Waals surface area contributed by atoms with Crippen molar-refractivity contribution in [3.8, 4) is 5.75 Å². The molecule has 3 N–H and O–H groups in total. The molecule has 1 atom stereocenters. The summed E-state index contributed by atoms with van der Waals surface area (Å²) in [4.78, 5) is 49.5. The van der Waals surface area contributed by atoms with Crippen LogP contribution < -0.4 is 20.7 Å². The van der Waals surface area contributed by atoms with Crippen LogP contribution in [0.25, 0.3) is 11.1 Å². The number of oxazole rings is 1. The predicted molar refractivity (Wildman–Crippen MR) is 153 cm³/mol. The maximum atomic E-state index is 13.6. The number of esters is 1. The molecule has 15 heteroatoms. The van der Waals surface area contributed by atoms with E-state index in [1.165, 1.54) is 44.7 Å². The van der Waals surface area contributed by atoms with Gasteiger partial charge in [0, 0.05) is 28.5 Å². The van der Waals surface area contributed by atoms with Gasteiger partial charge in [0.05, 0.1) is 30.3 Å². The number of anilines is 2. The molecule has 42 heavy (non-hydrogen) atoms. The summed E-state index contributed by atoms with van der Waals surface area (Å²) in [7, 11) is 2.75. The van der Waals surface area contributed by atoms with Crippen molar-refractivity contribution in [1.82, 2.24) is 15.3 Å². The molecule has 2 aromatic heterocycles. The second-order valence-electron chi connectivity index (χ2n) is 8.83. The molecule has 1 amide bonds. The number of halogens is 1. The monoisotopic (exact) mass is 591 g/mol. The minimum atomic E-state index is -0.935. The first-order valence-corrected chi connectivity index (χ1v) is 12.6. The standard InChI is InChI=1S/C27H22ClN7O7/c1-13-21(24(36)32-20-11-14(9-10-29-20)25(37)41-3)22(16-8-7-15(40-2)12-17(16)28)33-26(30-13)34-27-31-18-5-4-6-19(35(38)39)23(18)42-27/h4-12,22H,1-3H3,(H,29,32,36)(H2,30,31,33,34). The average molecular weight is 592 g/mol. The first kappa shape index (κ1) is 28.0. The molecule has 0 bridgehead atoms. The van der Waals surface area contributed by atoms with Crippen LogP contribution in [0.5, 0.6) is 5.75 Å². The molecule has 14 nitrogen and oxygen atoms in total. The van der Waals surface area contributed by atoms with Crippen LogP contribution in [-0.2, 0) is 9.53 Å². The second-order valence-corrected chi connectivity index (χ2v) is 9.24. The molecule has 0 aliphatic carbocycles. The number of nitrogens with zero attached hydrogens (tertiary/aromatic N) is 4. The molecule has 2 aromatic carbocycles. The maximum absolute atomic E-state index is 13.6. The van der Waals surface area contributed by atoms with Crippen LogP contribution in [0.3, 0.4) is 0 Å². The number of non-ortho nitro benzene ring substituents is 1. The van der Waals surface area contributed by atoms with Gasteiger partial charge in [-0.15, -0.1) is 0 Å². The van der Waals surface area contributed by atoms with Gasteiger partial charge >= 0.3 is 17.7 Å². The van der Waals surface area contributed by atoms with Crippen LogP contribution in [0.1, 0.15) is 28.9 Å². The lowest BCUT2D eigenvalue weighted by atomic mass is 9.95. The van der Waals surface area contributed by atoms with Gasteiger partial charge in [-0.25, -0.2) is 14.8 Å². The fraction of sp³-hybridized carbons (Fsp3) is 0.148. The Kier molecular flexibility index (Phi) is 7.71. The Labute approximate surface area is 242 Å². The number of guanidine groups is 1. The number of ether oxygens (including phenoxy) is 2. The summed E-state index contributed by atoms with van der Waals surface area (Å²) in [5.41, 5.74) is 1.30. The normalized spacial score (nSPS) is 14.6. The van der Waals surface area contributed by atoms with Crippen molar-refractivity contribution in [3.63, 3.8) is 0 Å². The van der Waals surface area contributed by atoms with Crippen LogP contribution in [-0.4, -0.2) is 46.9 Å². The number of carbonyl (C=O) groups excluding carboxylic acids is 2. The maximum Gasteiger partial charge on any atom is 0.338 e. The summed E-state index contributed by atoms with van der Waals surface area (Å²) in [6.45, 7) is 1.66. The Morgan fingerprint density at radius 2 is 1.98 bits per heavy atom. The molecular weight excluding hydrogens is 570 g/mol. The zero-order valence-corrected chi connectivity index (χ0v) is 23.1. The number of nitro benzene ring substituents is 1. The minimum absolute atomic E-state index is 0.00910. The molecule has 1 aliphatic rings. The summed E-state index contributed by atoms with van der Waals surface area (Å²) in [5.74, 6) is -0.393. The molecule has 4 aromatic rings. The van der Waals surface area contributed by atoms with Gasteiger partial charge in [-0.3, -0.25) is 20.2 Å². The fourth-order valence-electron chi connectivity index (χ4n) is 4.28. The van der Waals surface area contributed by atoms with Crippen LogP contribution in [0, 0.1) is 10.1 Å². The molecular formula is C27H22ClN7O7. The number of carbonyl (C=O) groups is 2. The molecule has 1 aliphatic heterocycles. The van der Waals surface area contributed by atoms with Crippen LogP contribution in [0.4, 0.5) is 17.5 Å². The molecule has 0 spiro atoms. The van der Waals surface area contributed by atoms with Crippen molar-refractivity contribution in [3.05, 3.63) is 92.3 Å². The van der Waals surface area contributed by atoms with Crippen LogP contribution in [0.2, 0.25) is 5.02 Å². The number of para-hydroxylation sites is 1. The van der Waals surface area contributed by atoms with E-state index in [9.17, 15) is 19.7 Å². The topological polar surface area (TPSA) is 183 Å². The van der Waals surface area contributed by atoms with Crippen molar-refractivity contribution in [1.29, 1.82) is 0 Å². The summed E-state index contributed by atoms with van der Waals surface area (Å²) in [6, 6.07) is 11.2. The van der Waals surface area contributed by atoms with Crippen LogP contribution in [0.15, 0.2) is 75.4 Å². The number of aromatic nitrogens is 2. The zero-order valence-electron chi connectivity index (χ0n) is 22.3. The first-order valence-electron chi connectivity index (χ1n) is 12.2. The summed E-state index contributed by atoms with van der Waals surface area (Å²) >= 11 is 6.60. The minimum Gasteiger partial charge on any atom is -0.497 e. The number of amides is 1. The van der Waals surface area contributed by atoms with Gasteiger partial charge in [-0.2, -0.15) is 4.98 Å². The van der Waals surface area contributed by atoms with Gasteiger partial charge < -0.3 is 24.5 Å². The molecule has 5 rings (SSSR count). The summed E-state index contributed by atoms with van der Waals surface area (Å²) < 4.78 is 15.6. The highest BCUT2D eigenvalue weighted by Gasteiger charge is 2.32. The van der Waals surface area contributed by atoms with E-state index in [2.05, 4.69) is 30.9 Å². The lowest BCUT2D eigenvalue weighted by Gasteiger charge is -2.27. The Bertz CT molecular complexity index is 1800. The highest BCUT2D eigenvalue weighted by molar-refractivity contribution is 6.31. The number of benzene rings is 2. The lowest BCUT2D eigenvalue weighted by Crippen LogP contribution is -2.37. The number of aliphatic imine (C=N–C) groups is 1. The van der Waals surface area contributed by atoms with E-state index in [0.29, 0.717) is 17.0 Å². The van der Waals surface area contributed by atoms with E-state index in [-0.39, 0.29) is 50.7 Å². The Balaban J connectivity index is 1.51. The van der Waals surface area contributed by atoms with Gasteiger partial charge in [-0.05, 0) is 37.3 Å². The fourth-order valence-corrected chi connectivity index (χ4v) is 4.55. The predicted octanol–water partition coefficient (Wildman–Crippen LogP) is 4.60. The van der Waals surface area contributed by atoms with Gasteiger partial charge in [-0.1, -0.05) is 23.7 Å². The molecule has 0 saturated carbocycles. The van der Waals surface area contributed by atoms with Crippen molar-refractivity contribution in [2.75, 3.05) is 24.9 Å². The molecule has 0 saturated heterocycles. The Morgan fingerprint density at radius 1 is 1.17 bits per heavy atom. The smallest absolute Gasteiger partial charge is 0.338 e. The summed E-state index contributed by atoms with van der Waals surface area (Å²) in [6.07, 6.45) is 1.37. The lowest BCUT2D eigenvalue weighted by molar-refractivity contribution is -0.383. The van der Waals surface area contributed by atoms with Crippen molar-refractivity contribution >= 4 is 58.1 Å². The molecule has 1 unspecified atom stereocenters. The number of fused-ring (bicyclic) bond motifs is 1. The van der Waals surface area contributed by atoms with E-state index in [4.69, 9.17) is 25.5 Å². The first-order chi connectivity index (χ1) is 20.2. The number of hydrogen-bond acceptors (Lipinski definition) is 12. The Hall–Kier alpha value is -5.50. The Morgan fingerprint density at radius 3 is 2.69 bits per heavy atom. The number of allylic oxidation sites excluding steroid dienone is 1. The van der Waals surface area contributed by atoms with Gasteiger partial charge in [0.25, 0.3) is 5.91 Å². The van der Waals surface area contributed by atoms with Crippen molar-refractivity contribution in [2.45, 2.75) is 13.0 Å². The third-order valence-electron chi connectivity index (χ3n) is 6.23. The molecule has 0 radical (unpaired) electrons. The molecule has 214 valence electrons. The number of methoxy groups -OCH3 is 2. The number of rotatable bonds is 7. The van der Waals surface area contributed by atoms with Crippen LogP contribution >= 0.6 is 11.6 Å². The zero-order chi connectivity index (χ0) is 30.0. The number of hydrogen-bond donors (Lipinski definition) is 3. The molecule has 3 heterocycles. The van der Waals surface area contributed by atoms with E-state index >= 15 is 0 Å². The van der Waals surface area contributed by atoms with E-state index in [1.807, 2.05) is 0 Å². The average Bonchev–Trinajstić information content (AvgIpc) is 3.38. The van der Waals surface area contributed by atoms with Gasteiger partial charge in [0.15, 0.2) is 0 Å². The highest BCUT2D eigenvalue weighted by Crippen LogP contribution is 2.37. The number of nitrogens with one attached hydrogen (secondary N) is 3. The quantitative estimate of drug-likeness (QED) is 0.155.